The fourth-order valence-corrected chi connectivity index (χ4v) is 2.96. The second kappa shape index (κ2) is 9.01. The smallest absolute Gasteiger partial charge is 0.225 e. The van der Waals surface area contributed by atoms with Gasteiger partial charge in [-0.2, -0.15) is 0 Å². The molecule has 2 heterocycles. The quantitative estimate of drug-likeness (QED) is 0.783. The summed E-state index contributed by atoms with van der Waals surface area (Å²) in [7, 11) is 0. The van der Waals surface area contributed by atoms with Crippen LogP contribution in [0.2, 0.25) is 0 Å². The standard InChI is InChI=1S/C19H24N4O2/c24-18(20-12-6-14-25-17-8-2-1-3-9-17)16-7-4-13-23(15-16)19-21-10-5-11-22-19/h1-3,5,8-11,16H,4,6-7,12-15H2,(H,20,24). The Morgan fingerprint density at radius 1 is 1.20 bits per heavy atom. The molecule has 1 N–H and O–H groups in total. The first-order valence-electron chi connectivity index (χ1n) is 8.80. The van der Waals surface area contributed by atoms with E-state index in [0.29, 0.717) is 25.6 Å². The van der Waals surface area contributed by atoms with Gasteiger partial charge in [-0.15, -0.1) is 0 Å². The molecule has 1 fully saturated rings. The van der Waals surface area contributed by atoms with Gasteiger partial charge in [0.25, 0.3) is 0 Å². The number of nitrogens with zero attached hydrogens (tertiary/aromatic N) is 3. The van der Waals surface area contributed by atoms with E-state index < -0.39 is 0 Å². The zero-order valence-electron chi connectivity index (χ0n) is 14.3. The second-order valence-electron chi connectivity index (χ2n) is 6.14. The Morgan fingerprint density at radius 2 is 2.00 bits per heavy atom. The average Bonchev–Trinajstić information content (AvgIpc) is 2.69. The van der Waals surface area contributed by atoms with Crippen LogP contribution >= 0.6 is 0 Å². The van der Waals surface area contributed by atoms with Crippen molar-refractivity contribution in [3.63, 3.8) is 0 Å². The molecule has 1 saturated heterocycles. The van der Waals surface area contributed by atoms with Crippen LogP contribution in [0.4, 0.5) is 5.95 Å². The number of nitrogens with one attached hydrogen (secondary N) is 1. The van der Waals surface area contributed by atoms with Gasteiger partial charge in [0.2, 0.25) is 11.9 Å². The molecule has 1 atom stereocenters. The van der Waals surface area contributed by atoms with Gasteiger partial charge in [0.1, 0.15) is 5.75 Å². The van der Waals surface area contributed by atoms with E-state index in [0.717, 1.165) is 31.6 Å². The van der Waals surface area contributed by atoms with Crippen molar-refractivity contribution in [1.82, 2.24) is 15.3 Å². The summed E-state index contributed by atoms with van der Waals surface area (Å²) in [6.07, 6.45) is 6.15. The molecule has 1 aliphatic rings. The van der Waals surface area contributed by atoms with Gasteiger partial charge < -0.3 is 15.0 Å². The average molecular weight is 340 g/mol. The van der Waals surface area contributed by atoms with Gasteiger partial charge in [0, 0.05) is 32.0 Å². The minimum Gasteiger partial charge on any atom is -0.494 e. The summed E-state index contributed by atoms with van der Waals surface area (Å²) in [6.45, 7) is 2.80. The Bertz CT molecular complexity index is 651. The number of piperidine rings is 1. The van der Waals surface area contributed by atoms with E-state index in [2.05, 4.69) is 20.2 Å². The number of hydrogen-bond acceptors (Lipinski definition) is 5. The van der Waals surface area contributed by atoms with Crippen molar-refractivity contribution in [1.29, 1.82) is 0 Å². The lowest BCUT2D eigenvalue weighted by molar-refractivity contribution is -0.125. The number of carbonyl (C=O) groups is 1. The summed E-state index contributed by atoms with van der Waals surface area (Å²) in [4.78, 5) is 23.0. The van der Waals surface area contributed by atoms with Crippen molar-refractivity contribution in [2.75, 3.05) is 31.1 Å². The van der Waals surface area contributed by atoms with E-state index >= 15 is 0 Å². The Morgan fingerprint density at radius 3 is 2.80 bits per heavy atom. The van der Waals surface area contributed by atoms with Gasteiger partial charge >= 0.3 is 0 Å². The maximum atomic E-state index is 12.4. The molecule has 0 spiro atoms. The molecule has 25 heavy (non-hydrogen) atoms. The van der Waals surface area contributed by atoms with Crippen LogP contribution in [0.3, 0.4) is 0 Å². The van der Waals surface area contributed by atoms with Crippen LogP contribution in [0.1, 0.15) is 19.3 Å². The highest BCUT2D eigenvalue weighted by atomic mass is 16.5. The molecule has 0 aliphatic carbocycles. The third-order valence-corrected chi connectivity index (χ3v) is 4.26. The van der Waals surface area contributed by atoms with E-state index in [4.69, 9.17) is 4.74 Å². The van der Waals surface area contributed by atoms with Crippen molar-refractivity contribution in [3.8, 4) is 5.75 Å². The lowest BCUT2D eigenvalue weighted by atomic mass is 9.97. The number of hydrogen-bond donors (Lipinski definition) is 1. The van der Waals surface area contributed by atoms with Crippen molar-refractivity contribution >= 4 is 11.9 Å². The van der Waals surface area contributed by atoms with Crippen LogP contribution < -0.4 is 15.0 Å². The predicted octanol–water partition coefficient (Wildman–Crippen LogP) is 2.28. The zero-order chi connectivity index (χ0) is 17.3. The summed E-state index contributed by atoms with van der Waals surface area (Å²) in [5.41, 5.74) is 0. The second-order valence-corrected chi connectivity index (χ2v) is 6.14. The third kappa shape index (κ3) is 5.17. The van der Waals surface area contributed by atoms with Gasteiger partial charge in [-0.25, -0.2) is 9.97 Å². The molecule has 1 unspecified atom stereocenters. The number of anilines is 1. The molecule has 2 aromatic rings. The van der Waals surface area contributed by atoms with Crippen molar-refractivity contribution < 1.29 is 9.53 Å². The lowest BCUT2D eigenvalue weighted by Crippen LogP contribution is -2.44. The molecule has 0 radical (unpaired) electrons. The van der Waals surface area contributed by atoms with Gasteiger partial charge in [0.05, 0.1) is 12.5 Å². The molecule has 1 aliphatic heterocycles. The molecule has 6 heteroatoms. The Balaban J connectivity index is 1.38. The molecule has 6 nitrogen and oxygen atoms in total. The van der Waals surface area contributed by atoms with Gasteiger partial charge in [0.15, 0.2) is 0 Å². The minimum absolute atomic E-state index is 0.00685. The van der Waals surface area contributed by atoms with Gasteiger partial charge in [-0.05, 0) is 37.5 Å². The van der Waals surface area contributed by atoms with E-state index in [1.54, 1.807) is 18.5 Å². The van der Waals surface area contributed by atoms with Crippen LogP contribution in [0.15, 0.2) is 48.8 Å². The van der Waals surface area contributed by atoms with Crippen LogP contribution in [0, 0.1) is 5.92 Å². The van der Waals surface area contributed by atoms with E-state index in [9.17, 15) is 4.79 Å². The largest absolute Gasteiger partial charge is 0.494 e. The first-order chi connectivity index (χ1) is 12.3. The maximum Gasteiger partial charge on any atom is 0.225 e. The van der Waals surface area contributed by atoms with Gasteiger partial charge in [-0.1, -0.05) is 18.2 Å². The maximum absolute atomic E-state index is 12.4. The van der Waals surface area contributed by atoms with Crippen molar-refractivity contribution in [3.05, 3.63) is 48.8 Å². The highest BCUT2D eigenvalue weighted by Crippen LogP contribution is 2.20. The molecule has 1 aromatic heterocycles. The molecular weight excluding hydrogens is 316 g/mol. The Labute approximate surface area is 148 Å². The van der Waals surface area contributed by atoms with E-state index in [-0.39, 0.29) is 11.8 Å². The van der Waals surface area contributed by atoms with Crippen molar-refractivity contribution in [2.45, 2.75) is 19.3 Å². The molecule has 3 rings (SSSR count). The number of ether oxygens (including phenoxy) is 1. The van der Waals surface area contributed by atoms with Gasteiger partial charge in [-0.3, -0.25) is 4.79 Å². The molecule has 1 amide bonds. The number of aromatic nitrogens is 2. The summed E-state index contributed by atoms with van der Waals surface area (Å²) in [5.74, 6) is 1.67. The normalized spacial score (nSPS) is 17.1. The number of carbonyl (C=O) groups excluding carboxylic acids is 1. The van der Waals surface area contributed by atoms with E-state index in [1.165, 1.54) is 0 Å². The summed E-state index contributed by atoms with van der Waals surface area (Å²) >= 11 is 0. The molecule has 0 saturated carbocycles. The lowest BCUT2D eigenvalue weighted by Gasteiger charge is -2.31. The van der Waals surface area contributed by atoms with Crippen LogP contribution in [0.25, 0.3) is 0 Å². The topological polar surface area (TPSA) is 67.3 Å². The first kappa shape index (κ1) is 17.2. The summed E-state index contributed by atoms with van der Waals surface area (Å²) in [5, 5.41) is 3.02. The Hall–Kier alpha value is -2.63. The number of para-hydroxylation sites is 1. The first-order valence-corrected chi connectivity index (χ1v) is 8.80. The number of amides is 1. The molecule has 0 bridgehead atoms. The fourth-order valence-electron chi connectivity index (χ4n) is 2.96. The third-order valence-electron chi connectivity index (χ3n) is 4.26. The highest BCUT2D eigenvalue weighted by Gasteiger charge is 2.26. The fraction of sp³-hybridized carbons (Fsp3) is 0.421. The van der Waals surface area contributed by atoms with Crippen molar-refractivity contribution in [2.24, 2.45) is 5.92 Å². The minimum atomic E-state index is -0.00685. The SMILES string of the molecule is O=C(NCCCOc1ccccc1)C1CCCN(c2ncccn2)C1. The monoisotopic (exact) mass is 340 g/mol. The number of rotatable bonds is 7. The van der Waals surface area contributed by atoms with Crippen LogP contribution in [0.5, 0.6) is 5.75 Å². The predicted molar refractivity (Wildman–Crippen MR) is 96.5 cm³/mol. The van der Waals surface area contributed by atoms with E-state index in [1.807, 2.05) is 30.3 Å². The molecule has 1 aromatic carbocycles. The highest BCUT2D eigenvalue weighted by molar-refractivity contribution is 5.79. The number of benzene rings is 1. The molecular formula is C19H24N4O2. The molecule has 132 valence electrons. The van der Waals surface area contributed by atoms with Crippen LogP contribution in [-0.4, -0.2) is 42.1 Å². The summed E-state index contributed by atoms with van der Waals surface area (Å²) < 4.78 is 5.63. The zero-order valence-corrected chi connectivity index (χ0v) is 14.3. The van der Waals surface area contributed by atoms with Crippen LogP contribution in [-0.2, 0) is 4.79 Å². The Kier molecular flexibility index (Phi) is 6.20. The summed E-state index contributed by atoms with van der Waals surface area (Å²) in [6, 6.07) is 11.5.